The number of sulfonamides is 2. The molecule has 0 radical (unpaired) electrons. The minimum atomic E-state index is -4.20. The standard InChI is InChI=1S/C21H25N3O7S2/c1-15-14-32(26,27)24(21(15)25)16-7-8-19(30-2)20(13-16)33(28,29)22-17-5-3-4-6-18(17)23-9-11-31-12-10-23/h3-8,13,15,22H,9-12,14H2,1-2H3. The van der Waals surface area contributed by atoms with Gasteiger partial charge in [0, 0.05) is 13.1 Å². The zero-order valence-electron chi connectivity index (χ0n) is 18.2. The van der Waals surface area contributed by atoms with Gasteiger partial charge in [0.05, 0.1) is 49.1 Å². The molecule has 2 aliphatic heterocycles. The number of hydrogen-bond donors (Lipinski definition) is 1. The number of ether oxygens (including phenoxy) is 2. The van der Waals surface area contributed by atoms with Gasteiger partial charge in [-0.2, -0.15) is 0 Å². The summed E-state index contributed by atoms with van der Waals surface area (Å²) >= 11 is 0. The third-order valence-corrected chi connectivity index (χ3v) is 8.79. The summed E-state index contributed by atoms with van der Waals surface area (Å²) in [6.07, 6.45) is 0. The van der Waals surface area contributed by atoms with Crippen LogP contribution < -0.4 is 18.7 Å². The predicted octanol–water partition coefficient (Wildman–Crippen LogP) is 1.65. The molecule has 1 N–H and O–H groups in total. The Labute approximate surface area is 193 Å². The van der Waals surface area contributed by atoms with Gasteiger partial charge in [-0.1, -0.05) is 19.1 Å². The second-order valence-electron chi connectivity index (χ2n) is 7.84. The number of methoxy groups -OCH3 is 1. The lowest BCUT2D eigenvalue weighted by Gasteiger charge is -2.30. The molecule has 0 saturated carbocycles. The molecule has 2 saturated heterocycles. The zero-order chi connectivity index (χ0) is 23.8. The Morgan fingerprint density at radius 1 is 1.12 bits per heavy atom. The van der Waals surface area contributed by atoms with Gasteiger partial charge in [-0.25, -0.2) is 21.1 Å². The number of morpholine rings is 1. The van der Waals surface area contributed by atoms with Crippen LogP contribution in [0.3, 0.4) is 0 Å². The molecule has 33 heavy (non-hydrogen) atoms. The van der Waals surface area contributed by atoms with Crippen LogP contribution >= 0.6 is 0 Å². The Kier molecular flexibility index (Phi) is 6.25. The van der Waals surface area contributed by atoms with Crippen molar-refractivity contribution in [1.29, 1.82) is 0 Å². The van der Waals surface area contributed by atoms with Crippen LogP contribution in [0.5, 0.6) is 5.75 Å². The van der Waals surface area contributed by atoms with Gasteiger partial charge in [0.25, 0.3) is 10.0 Å². The average Bonchev–Trinajstić information content (AvgIpc) is 3.00. The van der Waals surface area contributed by atoms with Gasteiger partial charge in [0.1, 0.15) is 10.6 Å². The highest BCUT2D eigenvalue weighted by Gasteiger charge is 2.42. The monoisotopic (exact) mass is 495 g/mol. The quantitative estimate of drug-likeness (QED) is 0.642. The van der Waals surface area contributed by atoms with Gasteiger partial charge >= 0.3 is 0 Å². The van der Waals surface area contributed by atoms with Gasteiger partial charge in [-0.15, -0.1) is 0 Å². The minimum Gasteiger partial charge on any atom is -0.495 e. The van der Waals surface area contributed by atoms with Gasteiger partial charge in [0.2, 0.25) is 15.9 Å². The van der Waals surface area contributed by atoms with Crippen LogP contribution in [0.1, 0.15) is 6.92 Å². The molecule has 1 atom stereocenters. The lowest BCUT2D eigenvalue weighted by atomic mass is 10.2. The van der Waals surface area contributed by atoms with Crippen molar-refractivity contribution in [2.75, 3.05) is 53.1 Å². The number of carbonyl (C=O) groups excluding carboxylic acids is 1. The lowest BCUT2D eigenvalue weighted by molar-refractivity contribution is -0.119. The molecule has 0 bridgehead atoms. The van der Waals surface area contributed by atoms with Crippen molar-refractivity contribution in [2.24, 2.45) is 5.92 Å². The van der Waals surface area contributed by atoms with Gasteiger partial charge < -0.3 is 14.4 Å². The maximum atomic E-state index is 13.4. The van der Waals surface area contributed by atoms with Crippen molar-refractivity contribution in [1.82, 2.24) is 0 Å². The molecule has 2 heterocycles. The number of benzene rings is 2. The van der Waals surface area contributed by atoms with Gasteiger partial charge in [-0.05, 0) is 30.3 Å². The van der Waals surface area contributed by atoms with E-state index in [2.05, 4.69) is 4.72 Å². The summed E-state index contributed by atoms with van der Waals surface area (Å²) in [5.74, 6) is -1.62. The molecule has 2 aromatic rings. The van der Waals surface area contributed by atoms with Crippen molar-refractivity contribution in [3.05, 3.63) is 42.5 Å². The van der Waals surface area contributed by atoms with Crippen LogP contribution in [-0.4, -0.2) is 61.9 Å². The van der Waals surface area contributed by atoms with E-state index >= 15 is 0 Å². The van der Waals surface area contributed by atoms with E-state index < -0.39 is 31.9 Å². The van der Waals surface area contributed by atoms with Crippen molar-refractivity contribution in [3.8, 4) is 5.75 Å². The van der Waals surface area contributed by atoms with Crippen LogP contribution in [0.25, 0.3) is 0 Å². The van der Waals surface area contributed by atoms with Crippen molar-refractivity contribution >= 4 is 43.0 Å². The Hall–Kier alpha value is -2.83. The number of carbonyl (C=O) groups is 1. The van der Waals surface area contributed by atoms with Crippen LogP contribution in [-0.2, 0) is 29.6 Å². The minimum absolute atomic E-state index is 0.0206. The van der Waals surface area contributed by atoms with Crippen LogP contribution in [0.4, 0.5) is 17.1 Å². The highest BCUT2D eigenvalue weighted by molar-refractivity contribution is 7.94. The molecule has 0 aliphatic carbocycles. The number of nitrogens with zero attached hydrogens (tertiary/aromatic N) is 2. The largest absolute Gasteiger partial charge is 0.495 e. The fourth-order valence-corrected chi connectivity index (χ4v) is 7.00. The smallest absolute Gasteiger partial charge is 0.265 e. The molecule has 1 unspecified atom stereocenters. The fourth-order valence-electron chi connectivity index (χ4n) is 3.93. The zero-order valence-corrected chi connectivity index (χ0v) is 19.9. The molecular weight excluding hydrogens is 470 g/mol. The molecule has 2 fully saturated rings. The summed E-state index contributed by atoms with van der Waals surface area (Å²) in [6, 6.07) is 10.8. The third kappa shape index (κ3) is 4.50. The SMILES string of the molecule is COc1ccc(N2C(=O)C(C)CS2(=O)=O)cc1S(=O)(=O)Nc1ccccc1N1CCOCC1. The number of hydrogen-bond acceptors (Lipinski definition) is 8. The summed E-state index contributed by atoms with van der Waals surface area (Å²) in [4.78, 5) is 14.2. The van der Waals surface area contributed by atoms with E-state index in [9.17, 15) is 21.6 Å². The molecule has 2 aromatic carbocycles. The first-order valence-electron chi connectivity index (χ1n) is 10.3. The number of nitrogens with one attached hydrogen (secondary N) is 1. The van der Waals surface area contributed by atoms with Crippen molar-refractivity contribution in [3.63, 3.8) is 0 Å². The first kappa shape index (κ1) is 23.3. The van der Waals surface area contributed by atoms with E-state index in [0.29, 0.717) is 42.0 Å². The molecule has 4 rings (SSSR count). The molecule has 2 aliphatic rings. The summed E-state index contributed by atoms with van der Waals surface area (Å²) in [6.45, 7) is 3.82. The maximum absolute atomic E-state index is 13.4. The second-order valence-corrected chi connectivity index (χ2v) is 11.4. The van der Waals surface area contributed by atoms with Crippen molar-refractivity contribution < 1.29 is 31.1 Å². The maximum Gasteiger partial charge on any atom is 0.265 e. The third-order valence-electron chi connectivity index (χ3n) is 5.53. The fraction of sp³-hybridized carbons (Fsp3) is 0.381. The topological polar surface area (TPSA) is 122 Å². The highest BCUT2D eigenvalue weighted by Crippen LogP contribution is 2.36. The Bertz CT molecular complexity index is 1270. The van der Waals surface area contributed by atoms with E-state index in [4.69, 9.17) is 9.47 Å². The molecule has 0 spiro atoms. The summed E-state index contributed by atoms with van der Waals surface area (Å²) in [7, 11) is -6.78. The van der Waals surface area contributed by atoms with Crippen molar-refractivity contribution in [2.45, 2.75) is 11.8 Å². The van der Waals surface area contributed by atoms with E-state index in [-0.39, 0.29) is 22.1 Å². The predicted molar refractivity (Wildman–Crippen MR) is 124 cm³/mol. The summed E-state index contributed by atoms with van der Waals surface area (Å²) < 4.78 is 65.7. The molecular formula is C21H25N3O7S2. The average molecular weight is 496 g/mol. The summed E-state index contributed by atoms with van der Waals surface area (Å²) in [5, 5.41) is 0. The molecule has 178 valence electrons. The Morgan fingerprint density at radius 2 is 1.82 bits per heavy atom. The normalized spacial score (nSPS) is 20.7. The second kappa shape index (κ2) is 8.84. The van der Waals surface area contributed by atoms with Crippen LogP contribution in [0.2, 0.25) is 0 Å². The number of anilines is 3. The van der Waals surface area contributed by atoms with Gasteiger partial charge in [-0.3, -0.25) is 9.52 Å². The first-order valence-corrected chi connectivity index (χ1v) is 13.4. The lowest BCUT2D eigenvalue weighted by Crippen LogP contribution is -2.36. The van der Waals surface area contributed by atoms with E-state index in [1.54, 1.807) is 12.1 Å². The molecule has 10 nitrogen and oxygen atoms in total. The van der Waals surface area contributed by atoms with Gasteiger partial charge in [0.15, 0.2) is 0 Å². The first-order chi connectivity index (χ1) is 15.6. The van der Waals surface area contributed by atoms with E-state index in [1.165, 1.54) is 26.2 Å². The highest BCUT2D eigenvalue weighted by atomic mass is 32.2. The number of amides is 1. The van der Waals surface area contributed by atoms with E-state index in [0.717, 1.165) is 6.07 Å². The Balaban J connectivity index is 1.73. The van der Waals surface area contributed by atoms with Crippen LogP contribution in [0.15, 0.2) is 47.4 Å². The molecule has 0 aromatic heterocycles. The van der Waals surface area contributed by atoms with Crippen LogP contribution in [0, 0.1) is 5.92 Å². The molecule has 1 amide bonds. The molecule has 12 heteroatoms. The van der Waals surface area contributed by atoms with E-state index in [1.807, 2.05) is 17.0 Å². The summed E-state index contributed by atoms with van der Waals surface area (Å²) in [5.41, 5.74) is 1.02. The Morgan fingerprint density at radius 3 is 2.45 bits per heavy atom. The number of para-hydroxylation sites is 2. The number of rotatable bonds is 6.